The minimum absolute atomic E-state index is 0.0696. The molecule has 0 heterocycles. The summed E-state index contributed by atoms with van der Waals surface area (Å²) >= 11 is -3.98. The van der Waals surface area contributed by atoms with E-state index in [1.165, 1.54) is 30.4 Å². The van der Waals surface area contributed by atoms with Gasteiger partial charge in [0.05, 0.1) is 0 Å². The Labute approximate surface area is 179 Å². The summed E-state index contributed by atoms with van der Waals surface area (Å²) < 4.78 is 1.79. The summed E-state index contributed by atoms with van der Waals surface area (Å²) in [6, 6.07) is 0. The van der Waals surface area contributed by atoms with Gasteiger partial charge < -0.3 is 0 Å². The van der Waals surface area contributed by atoms with Gasteiger partial charge in [0, 0.05) is 0 Å². The molecule has 0 aliphatic heterocycles. The van der Waals surface area contributed by atoms with Crippen LogP contribution in [0.15, 0.2) is 46.1 Å². The van der Waals surface area contributed by atoms with Crippen molar-refractivity contribution in [2.75, 3.05) is 0 Å². The van der Waals surface area contributed by atoms with Crippen molar-refractivity contribution < 1.29 is 19.1 Å². The van der Waals surface area contributed by atoms with Crippen molar-refractivity contribution in [3.05, 3.63) is 46.1 Å². The fraction of sp³-hybridized carbons (Fsp3) is 0.591. The van der Waals surface area contributed by atoms with Crippen molar-refractivity contribution in [1.82, 2.24) is 0 Å². The van der Waals surface area contributed by atoms with E-state index in [0.29, 0.717) is 0 Å². The zero-order chi connectivity index (χ0) is 19.3. The molecule has 1 atom stereocenters. The summed E-state index contributed by atoms with van der Waals surface area (Å²) in [6.45, 7) is 9.66. The molecule has 0 saturated heterocycles. The number of hydrogen-bond acceptors (Lipinski definition) is 0. The zero-order valence-corrected chi connectivity index (χ0v) is 24.2. The van der Waals surface area contributed by atoms with Gasteiger partial charge in [-0.3, -0.25) is 0 Å². The van der Waals surface area contributed by atoms with E-state index >= 15 is 0 Å². The van der Waals surface area contributed by atoms with Gasteiger partial charge in [0.15, 0.2) is 0 Å². The van der Waals surface area contributed by atoms with Crippen LogP contribution in [0.1, 0.15) is 59.8 Å². The maximum atomic E-state index is 7.07. The fourth-order valence-corrected chi connectivity index (χ4v) is 21.4. The number of halogens is 2. The van der Waals surface area contributed by atoms with Gasteiger partial charge in [-0.15, -0.1) is 0 Å². The number of allylic oxidation sites excluding steroid dienone is 8. The summed E-state index contributed by atoms with van der Waals surface area (Å²) in [5, 5.41) is 0. The van der Waals surface area contributed by atoms with Gasteiger partial charge in [0.1, 0.15) is 0 Å². The standard InChI is InChI=1S/C22H31Ge.2ClH.Hf/c1-7-17-15(2)21-18(20(17)16-11-8-9-12-16)13-10-14-19(23(5)6)22(21,3)4;;;/h8-9,11H,7,10,12-14H2,1-6H3;2*1H;/q;;;+2/p-2. The molecule has 4 heteroatoms. The van der Waals surface area contributed by atoms with Crippen molar-refractivity contribution in [2.45, 2.75) is 74.5 Å². The van der Waals surface area contributed by atoms with Crippen LogP contribution >= 0.6 is 17.2 Å². The molecule has 3 rings (SSSR count). The van der Waals surface area contributed by atoms with Crippen LogP contribution in [0.5, 0.6) is 0 Å². The van der Waals surface area contributed by atoms with E-state index in [2.05, 4.69) is 57.4 Å². The molecule has 0 nitrogen and oxygen atoms in total. The first kappa shape index (κ1) is 21.5. The van der Waals surface area contributed by atoms with E-state index in [-0.39, 0.29) is 8.59 Å². The molecule has 0 saturated carbocycles. The molecular formula is C22H31Cl2GeHf. The second-order valence-electron chi connectivity index (χ2n) is 8.60. The summed E-state index contributed by atoms with van der Waals surface area (Å²) in [6.07, 6.45) is 12.7. The van der Waals surface area contributed by atoms with Gasteiger partial charge in [-0.2, -0.15) is 0 Å². The molecular weight excluding hydrogens is 586 g/mol. The molecule has 141 valence electrons. The van der Waals surface area contributed by atoms with Crippen LogP contribution in [0, 0.1) is 5.41 Å². The Morgan fingerprint density at radius 1 is 1.19 bits per heavy atom. The predicted octanol–water partition coefficient (Wildman–Crippen LogP) is 7.71. The van der Waals surface area contributed by atoms with Gasteiger partial charge in [-0.05, 0) is 0 Å². The SMILES string of the molecule is CCC1=C(C)C2=C(CCC[C](=[Ge]([CH3])[CH3])C2(C)C)[C]1(C1=CC=CC1)[Hf]([Cl])[Cl]. The average Bonchev–Trinajstić information content (AvgIpc) is 3.12. The van der Waals surface area contributed by atoms with Gasteiger partial charge in [0.25, 0.3) is 0 Å². The molecule has 3 aliphatic rings. The second-order valence-corrected chi connectivity index (χ2v) is 26.4. The van der Waals surface area contributed by atoms with Crippen LogP contribution < -0.4 is 0 Å². The predicted molar refractivity (Wildman–Crippen MR) is 116 cm³/mol. The van der Waals surface area contributed by atoms with Crippen LogP contribution in [0.3, 0.4) is 0 Å². The first-order valence-electron chi connectivity index (χ1n) is 9.86. The Balaban J connectivity index is 2.36. The first-order chi connectivity index (χ1) is 12.2. The Kier molecular flexibility index (Phi) is 6.56. The topological polar surface area (TPSA) is 0 Å². The molecule has 0 aromatic rings. The van der Waals surface area contributed by atoms with Crippen molar-refractivity contribution in [1.29, 1.82) is 0 Å². The summed E-state index contributed by atoms with van der Waals surface area (Å²) in [4.78, 5) is 0. The van der Waals surface area contributed by atoms with E-state index in [1.807, 2.05) is 4.35 Å². The molecule has 0 amide bonds. The average molecular weight is 617 g/mol. The van der Waals surface area contributed by atoms with Gasteiger partial charge in [-0.1, -0.05) is 0 Å². The number of hydrogen-bond donors (Lipinski definition) is 0. The van der Waals surface area contributed by atoms with E-state index in [1.54, 1.807) is 16.7 Å². The Morgan fingerprint density at radius 3 is 2.38 bits per heavy atom. The summed E-state index contributed by atoms with van der Waals surface area (Å²) in [7, 11) is 14.1. The van der Waals surface area contributed by atoms with Crippen LogP contribution in [-0.2, 0) is 19.1 Å². The third kappa shape index (κ3) is 3.06. The molecule has 0 N–H and O–H groups in total. The molecule has 0 aromatic heterocycles. The molecule has 0 fully saturated rings. The molecule has 0 radical (unpaired) electrons. The van der Waals surface area contributed by atoms with Crippen molar-refractivity contribution >= 4 is 35.4 Å². The fourth-order valence-electron chi connectivity index (χ4n) is 5.96. The first-order valence-corrected chi connectivity index (χ1v) is 25.8. The third-order valence-corrected chi connectivity index (χ3v) is 21.1. The molecule has 1 unspecified atom stereocenters. The van der Waals surface area contributed by atoms with Crippen molar-refractivity contribution in [3.63, 3.8) is 0 Å². The van der Waals surface area contributed by atoms with Crippen LogP contribution in [0.4, 0.5) is 0 Å². The quantitative estimate of drug-likeness (QED) is 0.285. The summed E-state index contributed by atoms with van der Waals surface area (Å²) in [5.74, 6) is 5.05. The molecule has 0 aromatic carbocycles. The van der Waals surface area contributed by atoms with E-state index < -0.39 is 33.0 Å². The molecule has 3 aliphatic carbocycles. The number of rotatable bonds is 3. The van der Waals surface area contributed by atoms with Crippen LogP contribution in [-0.4, -0.2) is 18.3 Å². The molecule has 26 heavy (non-hydrogen) atoms. The van der Waals surface area contributed by atoms with E-state index in [0.717, 1.165) is 12.8 Å². The van der Waals surface area contributed by atoms with Crippen LogP contribution in [0.25, 0.3) is 0 Å². The molecule has 0 bridgehead atoms. The monoisotopic (exact) mass is 619 g/mol. The Hall–Kier alpha value is 0.823. The van der Waals surface area contributed by atoms with Crippen LogP contribution in [0.2, 0.25) is 14.7 Å². The van der Waals surface area contributed by atoms with Crippen molar-refractivity contribution in [3.8, 4) is 0 Å². The zero-order valence-electron chi connectivity index (χ0n) is 17.0. The third-order valence-electron chi connectivity index (χ3n) is 6.76. The summed E-state index contributed by atoms with van der Waals surface area (Å²) in [5.41, 5.74) is 8.03. The van der Waals surface area contributed by atoms with Gasteiger partial charge in [0.2, 0.25) is 0 Å². The minimum atomic E-state index is -2.87. The maximum absolute atomic E-state index is 7.07. The van der Waals surface area contributed by atoms with E-state index in [4.69, 9.17) is 17.2 Å². The Bertz CT molecular complexity index is 776. The van der Waals surface area contributed by atoms with Gasteiger partial charge in [-0.25, -0.2) is 0 Å². The van der Waals surface area contributed by atoms with Gasteiger partial charge >= 0.3 is 180 Å². The molecule has 0 spiro atoms. The van der Waals surface area contributed by atoms with E-state index in [9.17, 15) is 0 Å². The van der Waals surface area contributed by atoms with Crippen molar-refractivity contribution in [2.24, 2.45) is 5.41 Å². The normalized spacial score (nSPS) is 27.7. The Morgan fingerprint density at radius 2 is 1.88 bits per heavy atom. The second kappa shape index (κ2) is 7.92.